The lowest BCUT2D eigenvalue weighted by molar-refractivity contribution is 0.1000. The molecule has 0 saturated carbocycles. The van der Waals surface area contributed by atoms with E-state index < -0.39 is 5.91 Å². The molecule has 0 aliphatic heterocycles. The smallest absolute Gasteiger partial charge is 0.255 e. The van der Waals surface area contributed by atoms with Crippen molar-refractivity contribution in [2.45, 2.75) is 0 Å². The number of rotatable bonds is 3. The van der Waals surface area contributed by atoms with Crippen molar-refractivity contribution in [1.29, 1.82) is 0 Å². The van der Waals surface area contributed by atoms with Crippen molar-refractivity contribution in [2.75, 3.05) is 5.32 Å². The maximum Gasteiger partial charge on any atom is 0.255 e. The molecule has 2 aromatic rings. The minimum Gasteiger partial charge on any atom is -0.366 e. The molecule has 0 heterocycles. The Hall–Kier alpha value is -1.85. The second kappa shape index (κ2) is 6.07. The van der Waals surface area contributed by atoms with E-state index in [0.29, 0.717) is 20.7 Å². The summed E-state index contributed by atoms with van der Waals surface area (Å²) >= 11 is 9.14. The van der Waals surface area contributed by atoms with E-state index in [0.717, 1.165) is 0 Å². The van der Waals surface area contributed by atoms with Gasteiger partial charge >= 0.3 is 0 Å². The number of nitrogens with two attached hydrogens (primary N) is 1. The van der Waals surface area contributed by atoms with Gasteiger partial charge in [0.05, 0.1) is 5.69 Å². The summed E-state index contributed by atoms with van der Waals surface area (Å²) in [5.74, 6) is -0.913. The van der Waals surface area contributed by atoms with Gasteiger partial charge in [-0.25, -0.2) is 0 Å². The first-order valence-electron chi connectivity index (χ1n) is 5.63. The molecule has 0 atom stereocenters. The normalized spacial score (nSPS) is 10.1. The summed E-state index contributed by atoms with van der Waals surface area (Å²) in [7, 11) is 0. The zero-order valence-corrected chi connectivity index (χ0v) is 12.5. The molecule has 2 amide bonds. The van der Waals surface area contributed by atoms with Crippen LogP contribution in [0.5, 0.6) is 0 Å². The molecule has 0 saturated heterocycles. The van der Waals surface area contributed by atoms with E-state index in [-0.39, 0.29) is 11.5 Å². The van der Waals surface area contributed by atoms with Crippen LogP contribution in [0.25, 0.3) is 0 Å². The highest BCUT2D eigenvalue weighted by Crippen LogP contribution is 2.26. The largest absolute Gasteiger partial charge is 0.366 e. The number of hydrogen-bond donors (Lipinski definition) is 2. The minimum absolute atomic E-state index is 0.285. The van der Waals surface area contributed by atoms with E-state index in [4.69, 9.17) is 17.3 Å². The van der Waals surface area contributed by atoms with Crippen LogP contribution in [0.2, 0.25) is 5.02 Å². The van der Waals surface area contributed by atoms with Gasteiger partial charge in [-0.1, -0.05) is 17.7 Å². The number of amides is 2. The first-order valence-corrected chi connectivity index (χ1v) is 6.81. The van der Waals surface area contributed by atoms with Gasteiger partial charge in [-0.2, -0.15) is 0 Å². The van der Waals surface area contributed by atoms with Crippen molar-refractivity contribution in [2.24, 2.45) is 5.73 Å². The lowest BCUT2D eigenvalue weighted by Gasteiger charge is -2.08. The van der Waals surface area contributed by atoms with Crippen molar-refractivity contribution in [1.82, 2.24) is 0 Å². The van der Waals surface area contributed by atoms with E-state index in [1.165, 1.54) is 6.07 Å². The zero-order valence-electron chi connectivity index (χ0n) is 10.2. The van der Waals surface area contributed by atoms with Gasteiger partial charge in [0.1, 0.15) is 0 Å². The number of benzene rings is 2. The van der Waals surface area contributed by atoms with Gasteiger partial charge in [-0.3, -0.25) is 9.59 Å². The molecule has 0 bridgehead atoms. The Kier molecular flexibility index (Phi) is 4.42. The number of carbonyl (C=O) groups excluding carboxylic acids is 2. The number of primary amides is 1. The maximum atomic E-state index is 12.1. The molecule has 4 nitrogen and oxygen atoms in total. The molecule has 0 spiro atoms. The Morgan fingerprint density at radius 2 is 1.80 bits per heavy atom. The summed E-state index contributed by atoms with van der Waals surface area (Å²) in [5, 5.41) is 3.28. The lowest BCUT2D eigenvalue weighted by atomic mass is 10.1. The monoisotopic (exact) mass is 352 g/mol. The third kappa shape index (κ3) is 3.37. The average molecular weight is 354 g/mol. The van der Waals surface area contributed by atoms with Gasteiger partial charge in [-0.15, -0.1) is 0 Å². The second-order valence-electron chi connectivity index (χ2n) is 4.02. The highest BCUT2D eigenvalue weighted by atomic mass is 79.9. The van der Waals surface area contributed by atoms with Gasteiger partial charge in [0, 0.05) is 20.6 Å². The molecule has 2 rings (SSSR count). The maximum absolute atomic E-state index is 12.1. The molecule has 0 radical (unpaired) electrons. The SMILES string of the molecule is NC(=O)c1cccc(C(=O)Nc2ccc(Cl)cc2Br)c1. The molecule has 6 heteroatoms. The van der Waals surface area contributed by atoms with Crippen LogP contribution in [0.3, 0.4) is 0 Å². The molecule has 102 valence electrons. The number of nitrogens with one attached hydrogen (secondary N) is 1. The van der Waals surface area contributed by atoms with Gasteiger partial charge < -0.3 is 11.1 Å². The summed E-state index contributed by atoms with van der Waals surface area (Å²) in [6.07, 6.45) is 0. The van der Waals surface area contributed by atoms with E-state index in [1.54, 1.807) is 36.4 Å². The Bertz CT molecular complexity index is 689. The number of halogens is 2. The Morgan fingerprint density at radius 1 is 1.10 bits per heavy atom. The molecule has 0 aromatic heterocycles. The molecule has 3 N–H and O–H groups in total. The molecule has 0 fully saturated rings. The van der Waals surface area contributed by atoms with E-state index in [1.807, 2.05) is 0 Å². The summed E-state index contributed by atoms with van der Waals surface area (Å²) in [6.45, 7) is 0. The van der Waals surface area contributed by atoms with E-state index >= 15 is 0 Å². The summed E-state index contributed by atoms with van der Waals surface area (Å²) in [6, 6.07) is 11.2. The van der Waals surface area contributed by atoms with Crippen molar-refractivity contribution in [3.05, 3.63) is 63.1 Å². The fraction of sp³-hybridized carbons (Fsp3) is 0. The topological polar surface area (TPSA) is 72.2 Å². The van der Waals surface area contributed by atoms with Crippen LogP contribution in [0.1, 0.15) is 20.7 Å². The molecule has 0 aliphatic carbocycles. The van der Waals surface area contributed by atoms with Crippen LogP contribution in [0, 0.1) is 0 Å². The molecule has 0 unspecified atom stereocenters. The lowest BCUT2D eigenvalue weighted by Crippen LogP contribution is -2.15. The summed E-state index contributed by atoms with van der Waals surface area (Å²) < 4.78 is 0.671. The minimum atomic E-state index is -0.577. The van der Waals surface area contributed by atoms with Gasteiger partial charge in [0.25, 0.3) is 5.91 Å². The summed E-state index contributed by atoms with van der Waals surface area (Å²) in [5.41, 5.74) is 6.41. The molecular formula is C14H10BrClN2O2. The highest BCUT2D eigenvalue weighted by Gasteiger charge is 2.10. The van der Waals surface area contributed by atoms with Crippen molar-refractivity contribution in [3.8, 4) is 0 Å². The zero-order chi connectivity index (χ0) is 14.7. The predicted molar refractivity (Wildman–Crippen MR) is 82.1 cm³/mol. The van der Waals surface area contributed by atoms with Crippen molar-refractivity contribution in [3.63, 3.8) is 0 Å². The number of anilines is 1. The van der Waals surface area contributed by atoms with Crippen LogP contribution in [0.4, 0.5) is 5.69 Å². The van der Waals surface area contributed by atoms with E-state index in [2.05, 4.69) is 21.2 Å². The summed E-state index contributed by atoms with van der Waals surface area (Å²) in [4.78, 5) is 23.2. The standard InChI is InChI=1S/C14H10BrClN2O2/c15-11-7-10(16)4-5-12(11)18-14(20)9-3-1-2-8(6-9)13(17)19/h1-7H,(H2,17,19)(H,18,20). The van der Waals surface area contributed by atoms with Crippen LogP contribution < -0.4 is 11.1 Å². The highest BCUT2D eigenvalue weighted by molar-refractivity contribution is 9.10. The molecule has 2 aromatic carbocycles. The second-order valence-corrected chi connectivity index (χ2v) is 5.31. The number of carbonyl (C=O) groups is 2. The third-order valence-electron chi connectivity index (χ3n) is 2.59. The van der Waals surface area contributed by atoms with Crippen molar-refractivity contribution >= 4 is 45.0 Å². The Balaban J connectivity index is 2.24. The van der Waals surface area contributed by atoms with Crippen molar-refractivity contribution < 1.29 is 9.59 Å². The molecule has 0 aliphatic rings. The fourth-order valence-electron chi connectivity index (χ4n) is 1.60. The number of hydrogen-bond acceptors (Lipinski definition) is 2. The quantitative estimate of drug-likeness (QED) is 0.887. The van der Waals surface area contributed by atoms with Gasteiger partial charge in [0.15, 0.2) is 0 Å². The van der Waals surface area contributed by atoms with Gasteiger partial charge in [-0.05, 0) is 52.3 Å². The molecule has 20 heavy (non-hydrogen) atoms. The fourth-order valence-corrected chi connectivity index (χ4v) is 2.38. The molecular weight excluding hydrogens is 344 g/mol. The first-order chi connectivity index (χ1) is 9.47. The Morgan fingerprint density at radius 3 is 2.45 bits per heavy atom. The van der Waals surface area contributed by atoms with Crippen LogP contribution in [-0.2, 0) is 0 Å². The van der Waals surface area contributed by atoms with E-state index in [9.17, 15) is 9.59 Å². The third-order valence-corrected chi connectivity index (χ3v) is 3.48. The predicted octanol–water partition coefficient (Wildman–Crippen LogP) is 3.45. The van der Waals surface area contributed by atoms with Crippen LogP contribution in [-0.4, -0.2) is 11.8 Å². The Labute approximate surface area is 129 Å². The first kappa shape index (κ1) is 14.6. The van der Waals surface area contributed by atoms with Crippen LogP contribution >= 0.6 is 27.5 Å². The van der Waals surface area contributed by atoms with Gasteiger partial charge in [0.2, 0.25) is 5.91 Å². The van der Waals surface area contributed by atoms with Crippen LogP contribution in [0.15, 0.2) is 46.9 Å². The average Bonchev–Trinajstić information content (AvgIpc) is 2.42.